The van der Waals surface area contributed by atoms with Crippen molar-refractivity contribution in [2.75, 3.05) is 39.3 Å². The number of oxazole rings is 1. The van der Waals surface area contributed by atoms with Gasteiger partial charge in [-0.05, 0) is 12.1 Å². The van der Waals surface area contributed by atoms with Gasteiger partial charge >= 0.3 is 5.76 Å². The van der Waals surface area contributed by atoms with Gasteiger partial charge in [-0.2, -0.15) is 0 Å². The average Bonchev–Trinajstić information content (AvgIpc) is 2.82. The summed E-state index contributed by atoms with van der Waals surface area (Å²) in [6, 6.07) is 4.43. The van der Waals surface area contributed by atoms with Gasteiger partial charge in [0, 0.05) is 52.4 Å². The Hall–Kier alpha value is -1.10. The Morgan fingerprint density at radius 1 is 1.24 bits per heavy atom. The molecule has 0 radical (unpaired) electrons. The van der Waals surface area contributed by atoms with Gasteiger partial charge in [-0.1, -0.05) is 0 Å². The van der Waals surface area contributed by atoms with Crippen molar-refractivity contribution in [1.82, 2.24) is 19.5 Å². The molecule has 1 aromatic heterocycles. The molecule has 11 heteroatoms. The molecule has 0 saturated carbocycles. The molecular weight excluding hydrogens is 391 g/mol. The zero-order valence-corrected chi connectivity index (χ0v) is 16.2. The van der Waals surface area contributed by atoms with Crippen molar-refractivity contribution in [1.29, 1.82) is 0 Å². The summed E-state index contributed by atoms with van der Waals surface area (Å²) in [5.41, 5.74) is 0.831. The number of piperazine rings is 1. The van der Waals surface area contributed by atoms with E-state index in [1.807, 2.05) is 0 Å². The Morgan fingerprint density at radius 3 is 2.60 bits per heavy atom. The maximum Gasteiger partial charge on any atom is 0.419 e. The second-order valence-electron chi connectivity index (χ2n) is 5.55. The lowest BCUT2D eigenvalue weighted by molar-refractivity contribution is 0.245. The van der Waals surface area contributed by atoms with Crippen LogP contribution in [0.3, 0.4) is 0 Å². The maximum atomic E-state index is 12.3. The highest BCUT2D eigenvalue weighted by molar-refractivity contribution is 7.89. The number of hydrogen-bond acceptors (Lipinski definition) is 6. The fraction of sp³-hybridized carbons (Fsp3) is 0.500. The number of aryl methyl sites for hydroxylation is 1. The number of aromatic nitrogens is 1. The van der Waals surface area contributed by atoms with Gasteiger partial charge in [0.05, 0.1) is 10.4 Å². The van der Waals surface area contributed by atoms with E-state index in [-0.39, 0.29) is 35.3 Å². The molecule has 1 aromatic carbocycles. The molecule has 1 aliphatic rings. The van der Waals surface area contributed by atoms with Gasteiger partial charge in [0.1, 0.15) is 0 Å². The smallest absolute Gasteiger partial charge is 0.408 e. The lowest BCUT2D eigenvalue weighted by Gasteiger charge is -2.27. The van der Waals surface area contributed by atoms with E-state index in [0.29, 0.717) is 18.6 Å². The summed E-state index contributed by atoms with van der Waals surface area (Å²) in [5, 5.41) is 3.25. The number of fused-ring (bicyclic) bond motifs is 1. The Bertz CT molecular complexity index is 859. The largest absolute Gasteiger partial charge is 0.419 e. The van der Waals surface area contributed by atoms with E-state index in [9.17, 15) is 13.2 Å². The van der Waals surface area contributed by atoms with Crippen molar-refractivity contribution in [2.45, 2.75) is 4.90 Å². The molecule has 3 rings (SSSR count). The molecule has 142 valence electrons. The molecule has 0 aliphatic carbocycles. The van der Waals surface area contributed by atoms with Crippen molar-refractivity contribution in [2.24, 2.45) is 7.05 Å². The van der Waals surface area contributed by atoms with Gasteiger partial charge < -0.3 is 9.73 Å². The lowest BCUT2D eigenvalue weighted by Crippen LogP contribution is -2.46. The first-order chi connectivity index (χ1) is 11.0. The molecule has 25 heavy (non-hydrogen) atoms. The second kappa shape index (κ2) is 9.02. The van der Waals surface area contributed by atoms with Crippen LogP contribution in [0.2, 0.25) is 0 Å². The quantitative estimate of drug-likeness (QED) is 0.725. The molecule has 0 amide bonds. The highest BCUT2D eigenvalue weighted by Crippen LogP contribution is 2.17. The minimum absolute atomic E-state index is 0. The van der Waals surface area contributed by atoms with Crippen LogP contribution in [0.5, 0.6) is 0 Å². The number of nitrogens with one attached hydrogen (secondary N) is 2. The van der Waals surface area contributed by atoms with Crippen molar-refractivity contribution in [3.8, 4) is 0 Å². The molecule has 0 spiro atoms. The van der Waals surface area contributed by atoms with Gasteiger partial charge in [-0.15, -0.1) is 24.8 Å². The molecule has 2 heterocycles. The molecule has 1 fully saturated rings. The number of sulfonamides is 1. The molecule has 0 bridgehead atoms. The molecule has 0 unspecified atom stereocenters. The minimum Gasteiger partial charge on any atom is -0.408 e. The van der Waals surface area contributed by atoms with E-state index in [1.165, 1.54) is 16.7 Å². The highest BCUT2D eigenvalue weighted by atomic mass is 35.5. The van der Waals surface area contributed by atoms with Gasteiger partial charge in [0.25, 0.3) is 0 Å². The second-order valence-corrected chi connectivity index (χ2v) is 7.31. The first-order valence-electron chi connectivity index (χ1n) is 7.50. The zero-order chi connectivity index (χ0) is 16.4. The Kier molecular flexibility index (Phi) is 7.91. The summed E-state index contributed by atoms with van der Waals surface area (Å²) < 4.78 is 33.6. The van der Waals surface area contributed by atoms with E-state index in [4.69, 9.17) is 4.42 Å². The molecular formula is C14H22Cl2N4O4S. The molecule has 0 atom stereocenters. The number of benzene rings is 1. The van der Waals surface area contributed by atoms with Crippen LogP contribution in [0.4, 0.5) is 0 Å². The fourth-order valence-corrected chi connectivity index (χ4v) is 3.67. The van der Waals surface area contributed by atoms with Gasteiger partial charge in [0.15, 0.2) is 5.58 Å². The third kappa shape index (κ3) is 4.96. The van der Waals surface area contributed by atoms with Crippen LogP contribution in [-0.4, -0.2) is 57.2 Å². The predicted molar refractivity (Wildman–Crippen MR) is 100 cm³/mol. The van der Waals surface area contributed by atoms with Crippen LogP contribution in [-0.2, 0) is 17.1 Å². The Labute approximate surface area is 158 Å². The topological polar surface area (TPSA) is 96.6 Å². The summed E-state index contributed by atoms with van der Waals surface area (Å²) in [4.78, 5) is 13.8. The molecule has 2 aromatic rings. The van der Waals surface area contributed by atoms with E-state index >= 15 is 0 Å². The third-order valence-electron chi connectivity index (χ3n) is 4.00. The van der Waals surface area contributed by atoms with Crippen LogP contribution in [0.15, 0.2) is 32.3 Å². The first-order valence-corrected chi connectivity index (χ1v) is 8.98. The van der Waals surface area contributed by atoms with Crippen LogP contribution in [0.25, 0.3) is 11.1 Å². The Morgan fingerprint density at radius 2 is 1.92 bits per heavy atom. The van der Waals surface area contributed by atoms with Crippen molar-refractivity contribution in [3.05, 3.63) is 28.7 Å². The van der Waals surface area contributed by atoms with Crippen LogP contribution < -0.4 is 15.8 Å². The van der Waals surface area contributed by atoms with Gasteiger partial charge in [0.2, 0.25) is 10.0 Å². The molecule has 1 aliphatic heterocycles. The minimum atomic E-state index is -3.62. The summed E-state index contributed by atoms with van der Waals surface area (Å²) in [6.45, 7) is 4.71. The standard InChI is InChI=1S/C14H20N4O4S.2ClH/c1-17-12-3-2-11(10-13(12)22-14(17)19)23(20,21)16-6-9-18-7-4-15-5-8-18;;/h2-3,10,15-16H,4-9H2,1H3;2*1H. The van der Waals surface area contributed by atoms with E-state index < -0.39 is 15.8 Å². The highest BCUT2D eigenvalue weighted by Gasteiger charge is 2.17. The summed E-state index contributed by atoms with van der Waals surface area (Å²) in [6.07, 6.45) is 0. The summed E-state index contributed by atoms with van der Waals surface area (Å²) in [7, 11) is -2.04. The summed E-state index contributed by atoms with van der Waals surface area (Å²) in [5.74, 6) is -0.513. The molecule has 2 N–H and O–H groups in total. The van der Waals surface area contributed by atoms with Crippen LogP contribution >= 0.6 is 24.8 Å². The summed E-state index contributed by atoms with van der Waals surface area (Å²) >= 11 is 0. The zero-order valence-electron chi connectivity index (χ0n) is 13.7. The van der Waals surface area contributed by atoms with Crippen molar-refractivity contribution < 1.29 is 12.8 Å². The Balaban J connectivity index is 0.00000156. The van der Waals surface area contributed by atoms with Crippen LogP contribution in [0.1, 0.15) is 0 Å². The predicted octanol–water partition coefficient (Wildman–Crippen LogP) is 0.159. The number of halogens is 2. The normalized spacial score (nSPS) is 15.6. The lowest BCUT2D eigenvalue weighted by atomic mass is 10.3. The fourth-order valence-electron chi connectivity index (χ4n) is 2.64. The van der Waals surface area contributed by atoms with E-state index in [2.05, 4.69) is 14.9 Å². The van der Waals surface area contributed by atoms with Crippen molar-refractivity contribution >= 4 is 45.9 Å². The SMILES string of the molecule is Cl.Cl.Cn1c(=O)oc2cc(S(=O)(=O)NCCN3CCNCC3)ccc21. The first kappa shape index (κ1) is 21.9. The molecule has 8 nitrogen and oxygen atoms in total. The number of hydrogen-bond donors (Lipinski definition) is 2. The molecule has 1 saturated heterocycles. The maximum absolute atomic E-state index is 12.3. The van der Waals surface area contributed by atoms with E-state index in [1.54, 1.807) is 13.1 Å². The average molecular weight is 413 g/mol. The van der Waals surface area contributed by atoms with Gasteiger partial charge in [-0.3, -0.25) is 9.47 Å². The third-order valence-corrected chi connectivity index (χ3v) is 5.46. The van der Waals surface area contributed by atoms with Gasteiger partial charge in [-0.25, -0.2) is 17.9 Å². The monoisotopic (exact) mass is 412 g/mol. The number of nitrogens with zero attached hydrogens (tertiary/aromatic N) is 2. The van der Waals surface area contributed by atoms with Crippen molar-refractivity contribution in [3.63, 3.8) is 0 Å². The van der Waals surface area contributed by atoms with Crippen LogP contribution in [0, 0.1) is 0 Å². The number of rotatable bonds is 5. The van der Waals surface area contributed by atoms with E-state index in [0.717, 1.165) is 26.2 Å².